The summed E-state index contributed by atoms with van der Waals surface area (Å²) in [6.07, 6.45) is 4.72. The molecule has 0 radical (unpaired) electrons. The van der Waals surface area contributed by atoms with Gasteiger partial charge in [-0.25, -0.2) is 4.68 Å². The van der Waals surface area contributed by atoms with Crippen LogP contribution in [-0.2, 0) is 6.42 Å². The minimum absolute atomic E-state index is 0.0491. The van der Waals surface area contributed by atoms with Crippen LogP contribution >= 0.6 is 27.3 Å². The van der Waals surface area contributed by atoms with Gasteiger partial charge in [-0.2, -0.15) is 5.10 Å². The summed E-state index contributed by atoms with van der Waals surface area (Å²) in [6, 6.07) is 12.2. The van der Waals surface area contributed by atoms with Crippen LogP contribution in [0.1, 0.15) is 16.5 Å². The molecule has 1 aromatic carbocycles. The highest BCUT2D eigenvalue weighted by Gasteiger charge is 2.14. The van der Waals surface area contributed by atoms with Gasteiger partial charge in [0.25, 0.3) is 0 Å². The van der Waals surface area contributed by atoms with Gasteiger partial charge in [0.15, 0.2) is 0 Å². The lowest BCUT2D eigenvalue weighted by atomic mass is 10.1. The molecule has 2 aromatic heterocycles. The van der Waals surface area contributed by atoms with Crippen molar-refractivity contribution in [1.82, 2.24) is 15.2 Å². The van der Waals surface area contributed by atoms with Crippen molar-refractivity contribution in [2.24, 2.45) is 5.84 Å². The molecule has 0 amide bonds. The number of thiophene rings is 1. The van der Waals surface area contributed by atoms with Gasteiger partial charge in [0.2, 0.25) is 0 Å². The van der Waals surface area contributed by atoms with Crippen molar-refractivity contribution in [3.05, 3.63) is 69.1 Å². The second-order valence-corrected chi connectivity index (χ2v) is 6.62. The highest BCUT2D eigenvalue weighted by molar-refractivity contribution is 9.10. The lowest BCUT2D eigenvalue weighted by Gasteiger charge is -2.12. The molecule has 0 aliphatic carbocycles. The van der Waals surface area contributed by atoms with E-state index in [0.29, 0.717) is 0 Å². The molecule has 3 N–H and O–H groups in total. The average molecular weight is 363 g/mol. The standard InChI is InChI=1S/C15H15BrN4S/c16-12-6-14(21-10-12)7-15(19-17)11-8-18-20(9-11)13-4-2-1-3-5-13/h1-6,8-10,15,19H,7,17H2. The Kier molecular flexibility index (Phi) is 4.50. The third-order valence-corrected chi connectivity index (χ3v) is 4.97. The zero-order valence-electron chi connectivity index (χ0n) is 11.2. The molecule has 3 aromatic rings. The van der Waals surface area contributed by atoms with Crippen LogP contribution in [0.2, 0.25) is 0 Å². The predicted octanol–water partition coefficient (Wildman–Crippen LogP) is 3.44. The number of halogens is 1. The summed E-state index contributed by atoms with van der Waals surface area (Å²) in [6.45, 7) is 0. The van der Waals surface area contributed by atoms with Crippen LogP contribution in [0.5, 0.6) is 0 Å². The number of nitrogens with zero attached hydrogens (tertiary/aromatic N) is 2. The number of hydrazine groups is 1. The van der Waals surface area contributed by atoms with Gasteiger partial charge >= 0.3 is 0 Å². The Bertz CT molecular complexity index is 707. The Morgan fingerprint density at radius 3 is 2.81 bits per heavy atom. The van der Waals surface area contributed by atoms with E-state index in [0.717, 1.165) is 22.1 Å². The smallest absolute Gasteiger partial charge is 0.0645 e. The van der Waals surface area contributed by atoms with Crippen molar-refractivity contribution in [2.75, 3.05) is 0 Å². The molecule has 3 rings (SSSR count). The zero-order chi connectivity index (χ0) is 14.7. The molecule has 2 heterocycles. The minimum Gasteiger partial charge on any atom is -0.271 e. The maximum atomic E-state index is 5.71. The van der Waals surface area contributed by atoms with Gasteiger partial charge < -0.3 is 0 Å². The first-order valence-electron chi connectivity index (χ1n) is 6.55. The Morgan fingerprint density at radius 1 is 1.33 bits per heavy atom. The Hall–Kier alpha value is -1.47. The average Bonchev–Trinajstić information content (AvgIpc) is 3.15. The van der Waals surface area contributed by atoms with E-state index >= 15 is 0 Å². The first kappa shape index (κ1) is 14.5. The largest absolute Gasteiger partial charge is 0.271 e. The maximum Gasteiger partial charge on any atom is 0.0645 e. The van der Waals surface area contributed by atoms with Gasteiger partial charge in [-0.1, -0.05) is 18.2 Å². The van der Waals surface area contributed by atoms with Crippen molar-refractivity contribution < 1.29 is 0 Å². The summed E-state index contributed by atoms with van der Waals surface area (Å²) in [5.74, 6) is 5.71. The van der Waals surface area contributed by atoms with Crippen LogP contribution in [0.4, 0.5) is 0 Å². The molecule has 0 spiro atoms. The zero-order valence-corrected chi connectivity index (χ0v) is 13.6. The topological polar surface area (TPSA) is 55.9 Å². The second kappa shape index (κ2) is 6.53. The van der Waals surface area contributed by atoms with E-state index < -0.39 is 0 Å². The molecule has 6 heteroatoms. The Balaban J connectivity index is 1.80. The molecule has 0 fully saturated rings. The van der Waals surface area contributed by atoms with E-state index in [1.54, 1.807) is 11.3 Å². The first-order valence-corrected chi connectivity index (χ1v) is 8.22. The van der Waals surface area contributed by atoms with E-state index in [1.807, 2.05) is 47.4 Å². The molecule has 0 aliphatic rings. The third kappa shape index (κ3) is 3.41. The van der Waals surface area contributed by atoms with Gasteiger partial charge in [0.05, 0.1) is 17.9 Å². The van der Waals surface area contributed by atoms with Crippen LogP contribution in [0.25, 0.3) is 5.69 Å². The van der Waals surface area contributed by atoms with E-state index in [2.05, 4.69) is 37.9 Å². The summed E-state index contributed by atoms with van der Waals surface area (Å²) in [5.41, 5.74) is 4.99. The van der Waals surface area contributed by atoms with Gasteiger partial charge in [-0.3, -0.25) is 11.3 Å². The first-order chi connectivity index (χ1) is 10.3. The molecule has 0 saturated carbocycles. The molecular formula is C15H15BrN4S. The number of rotatable bonds is 5. The second-order valence-electron chi connectivity index (χ2n) is 4.71. The van der Waals surface area contributed by atoms with E-state index in [-0.39, 0.29) is 6.04 Å². The molecule has 0 aliphatic heterocycles. The highest BCUT2D eigenvalue weighted by Crippen LogP contribution is 2.25. The summed E-state index contributed by atoms with van der Waals surface area (Å²) < 4.78 is 2.97. The monoisotopic (exact) mass is 362 g/mol. The predicted molar refractivity (Wildman–Crippen MR) is 89.4 cm³/mol. The molecule has 108 valence electrons. The summed E-state index contributed by atoms with van der Waals surface area (Å²) in [5, 5.41) is 6.50. The molecule has 1 unspecified atom stereocenters. The fourth-order valence-electron chi connectivity index (χ4n) is 2.17. The van der Waals surface area contributed by atoms with Crippen molar-refractivity contribution in [3.8, 4) is 5.69 Å². The normalized spacial score (nSPS) is 12.5. The van der Waals surface area contributed by atoms with Crippen molar-refractivity contribution in [3.63, 3.8) is 0 Å². The summed E-state index contributed by atoms with van der Waals surface area (Å²) >= 11 is 5.20. The summed E-state index contributed by atoms with van der Waals surface area (Å²) in [4.78, 5) is 1.28. The molecule has 1 atom stereocenters. The van der Waals surface area contributed by atoms with Crippen LogP contribution in [-0.4, -0.2) is 9.78 Å². The van der Waals surface area contributed by atoms with Crippen molar-refractivity contribution in [1.29, 1.82) is 0 Å². The highest BCUT2D eigenvalue weighted by atomic mass is 79.9. The number of hydrogen-bond donors (Lipinski definition) is 2. The Labute approximate surface area is 135 Å². The SMILES string of the molecule is NNC(Cc1cc(Br)cs1)c1cnn(-c2ccccc2)c1. The molecule has 4 nitrogen and oxygen atoms in total. The maximum absolute atomic E-state index is 5.71. The van der Waals surface area contributed by atoms with Gasteiger partial charge in [-0.15, -0.1) is 11.3 Å². The lowest BCUT2D eigenvalue weighted by Crippen LogP contribution is -2.29. The molecule has 0 saturated heterocycles. The van der Waals surface area contributed by atoms with E-state index in [4.69, 9.17) is 5.84 Å². The van der Waals surface area contributed by atoms with Crippen LogP contribution in [0, 0.1) is 0 Å². The minimum atomic E-state index is 0.0491. The molecule has 21 heavy (non-hydrogen) atoms. The summed E-state index contributed by atoms with van der Waals surface area (Å²) in [7, 11) is 0. The van der Waals surface area contributed by atoms with Crippen LogP contribution < -0.4 is 11.3 Å². The number of nitrogens with two attached hydrogens (primary N) is 1. The van der Waals surface area contributed by atoms with E-state index in [1.165, 1.54) is 4.88 Å². The lowest BCUT2D eigenvalue weighted by molar-refractivity contribution is 0.555. The fourth-order valence-corrected chi connectivity index (χ4v) is 3.67. The third-order valence-electron chi connectivity index (χ3n) is 3.25. The number of para-hydroxylation sites is 1. The number of aromatic nitrogens is 2. The van der Waals surface area contributed by atoms with Gasteiger partial charge in [0.1, 0.15) is 0 Å². The molecule has 0 bridgehead atoms. The molecular weight excluding hydrogens is 348 g/mol. The van der Waals surface area contributed by atoms with Crippen LogP contribution in [0.3, 0.4) is 0 Å². The number of nitrogens with one attached hydrogen (secondary N) is 1. The fraction of sp³-hybridized carbons (Fsp3) is 0.133. The van der Waals surface area contributed by atoms with E-state index in [9.17, 15) is 0 Å². The number of hydrogen-bond acceptors (Lipinski definition) is 4. The van der Waals surface area contributed by atoms with Gasteiger partial charge in [0, 0.05) is 32.9 Å². The number of benzene rings is 1. The van der Waals surface area contributed by atoms with Crippen molar-refractivity contribution in [2.45, 2.75) is 12.5 Å². The van der Waals surface area contributed by atoms with Crippen LogP contribution in [0.15, 0.2) is 58.6 Å². The Morgan fingerprint density at radius 2 is 2.14 bits per heavy atom. The van der Waals surface area contributed by atoms with Crippen molar-refractivity contribution >= 4 is 27.3 Å². The van der Waals surface area contributed by atoms with Gasteiger partial charge in [-0.05, 0) is 34.1 Å². The quantitative estimate of drug-likeness (QED) is 0.539.